The summed E-state index contributed by atoms with van der Waals surface area (Å²) in [6.07, 6.45) is 0. The molecule has 0 spiro atoms. The molecule has 6 atom stereocenters. The van der Waals surface area contributed by atoms with Crippen molar-refractivity contribution >= 4 is 33.0 Å². The molecule has 7 heteroatoms. The van der Waals surface area contributed by atoms with E-state index < -0.39 is 43.3 Å². The van der Waals surface area contributed by atoms with Crippen molar-refractivity contribution in [3.63, 3.8) is 0 Å². The van der Waals surface area contributed by atoms with Gasteiger partial charge in [0, 0.05) is 22.6 Å². The molecule has 0 rings (SSSR count). The predicted octanol–water partition coefficient (Wildman–Crippen LogP) is 1.56. The number of hydrogen-bond acceptors (Lipinski definition) is 4. The first-order chi connectivity index (χ1) is 7.53. The summed E-state index contributed by atoms with van der Waals surface area (Å²) in [6, 6.07) is 0. The maximum absolute atomic E-state index is 11.9. The SMILES string of the molecule is CC(Cl)C(C)C(O)S(=O)(=O)C(O)C(C)C(C)Cl. The Labute approximate surface area is 113 Å². The molecule has 17 heavy (non-hydrogen) atoms. The Balaban J connectivity index is 5.02. The van der Waals surface area contributed by atoms with Crippen LogP contribution in [0.25, 0.3) is 0 Å². The minimum absolute atomic E-state index is 0.518. The quantitative estimate of drug-likeness (QED) is 0.730. The molecule has 0 amide bonds. The normalized spacial score (nSPS) is 23.5. The van der Waals surface area contributed by atoms with Crippen LogP contribution in [0, 0.1) is 11.8 Å². The van der Waals surface area contributed by atoms with E-state index in [1.165, 1.54) is 13.8 Å². The van der Waals surface area contributed by atoms with Gasteiger partial charge in [0.2, 0.25) is 9.84 Å². The molecule has 0 aliphatic carbocycles. The lowest BCUT2D eigenvalue weighted by Crippen LogP contribution is -2.43. The van der Waals surface area contributed by atoms with Gasteiger partial charge < -0.3 is 10.2 Å². The summed E-state index contributed by atoms with van der Waals surface area (Å²) in [7, 11) is -4.09. The van der Waals surface area contributed by atoms with E-state index in [9.17, 15) is 18.6 Å². The van der Waals surface area contributed by atoms with E-state index in [-0.39, 0.29) is 0 Å². The third kappa shape index (κ3) is 4.24. The molecule has 4 nitrogen and oxygen atoms in total. The molecular formula is C10H20Cl2O4S. The Morgan fingerprint density at radius 1 is 0.824 bits per heavy atom. The molecule has 0 saturated carbocycles. The van der Waals surface area contributed by atoms with Gasteiger partial charge in [0.05, 0.1) is 0 Å². The van der Waals surface area contributed by atoms with Gasteiger partial charge >= 0.3 is 0 Å². The number of alkyl halides is 2. The molecule has 0 aliphatic rings. The molecule has 0 bridgehead atoms. The van der Waals surface area contributed by atoms with Crippen molar-refractivity contribution in [2.24, 2.45) is 11.8 Å². The van der Waals surface area contributed by atoms with Crippen LogP contribution in [0.15, 0.2) is 0 Å². The van der Waals surface area contributed by atoms with Gasteiger partial charge in [0.1, 0.15) is 0 Å². The molecule has 0 fully saturated rings. The van der Waals surface area contributed by atoms with Crippen LogP contribution in [-0.2, 0) is 9.84 Å². The number of rotatable bonds is 6. The molecule has 2 N–H and O–H groups in total. The van der Waals surface area contributed by atoms with Gasteiger partial charge in [-0.05, 0) is 13.8 Å². The van der Waals surface area contributed by atoms with Crippen molar-refractivity contribution in [3.8, 4) is 0 Å². The van der Waals surface area contributed by atoms with Crippen LogP contribution in [0.2, 0.25) is 0 Å². The van der Waals surface area contributed by atoms with E-state index in [0.29, 0.717) is 0 Å². The third-order valence-corrected chi connectivity index (χ3v) is 6.02. The number of aliphatic hydroxyl groups excluding tert-OH is 2. The minimum Gasteiger partial charge on any atom is -0.377 e. The summed E-state index contributed by atoms with van der Waals surface area (Å²) in [6.45, 7) is 6.21. The van der Waals surface area contributed by atoms with Crippen LogP contribution in [0.3, 0.4) is 0 Å². The Hall–Kier alpha value is 0.450. The maximum atomic E-state index is 11.9. The van der Waals surface area contributed by atoms with E-state index in [1.807, 2.05) is 0 Å². The van der Waals surface area contributed by atoms with Gasteiger partial charge in [-0.1, -0.05) is 13.8 Å². The monoisotopic (exact) mass is 306 g/mol. The number of halogens is 2. The summed E-state index contributed by atoms with van der Waals surface area (Å²) in [4.78, 5) is 0. The predicted molar refractivity (Wildman–Crippen MR) is 69.9 cm³/mol. The fourth-order valence-electron chi connectivity index (χ4n) is 1.19. The number of sulfone groups is 1. The molecule has 0 radical (unpaired) electrons. The molecule has 0 saturated heterocycles. The molecule has 104 valence electrons. The second-order valence-electron chi connectivity index (χ2n) is 4.44. The van der Waals surface area contributed by atoms with Gasteiger partial charge in [-0.3, -0.25) is 0 Å². The second kappa shape index (κ2) is 6.57. The Kier molecular flexibility index (Phi) is 6.74. The average Bonchev–Trinajstić information content (AvgIpc) is 2.24. The minimum atomic E-state index is -4.09. The average molecular weight is 307 g/mol. The Morgan fingerprint density at radius 2 is 1.06 bits per heavy atom. The lowest BCUT2D eigenvalue weighted by molar-refractivity contribution is 0.151. The first-order valence-corrected chi connectivity index (χ1v) is 7.88. The van der Waals surface area contributed by atoms with E-state index in [4.69, 9.17) is 23.2 Å². The van der Waals surface area contributed by atoms with Crippen LogP contribution in [0.1, 0.15) is 27.7 Å². The fourth-order valence-corrected chi connectivity index (χ4v) is 3.60. The zero-order valence-corrected chi connectivity index (χ0v) is 12.7. The number of hydrogen-bond donors (Lipinski definition) is 2. The topological polar surface area (TPSA) is 74.6 Å². The second-order valence-corrected chi connectivity index (χ2v) is 7.96. The van der Waals surface area contributed by atoms with Crippen molar-refractivity contribution in [1.29, 1.82) is 0 Å². The number of aliphatic hydroxyl groups is 2. The molecule has 0 heterocycles. The fraction of sp³-hybridized carbons (Fsp3) is 1.00. The third-order valence-electron chi connectivity index (χ3n) is 3.02. The molecule has 0 aliphatic heterocycles. The van der Waals surface area contributed by atoms with Crippen LogP contribution in [0.4, 0.5) is 0 Å². The molecule has 0 aromatic carbocycles. The highest BCUT2D eigenvalue weighted by atomic mass is 35.5. The standard InChI is InChI=1S/C10H20Cl2O4S/c1-5(7(3)11)9(13)17(15,16)10(14)6(2)8(4)12/h5-10,13-14H,1-4H3. The highest BCUT2D eigenvalue weighted by Crippen LogP contribution is 2.26. The maximum Gasteiger partial charge on any atom is 0.203 e. The van der Waals surface area contributed by atoms with Crippen LogP contribution < -0.4 is 0 Å². The first kappa shape index (κ1) is 17.4. The Morgan fingerprint density at radius 3 is 1.24 bits per heavy atom. The smallest absolute Gasteiger partial charge is 0.203 e. The summed E-state index contributed by atoms with van der Waals surface area (Å²) < 4.78 is 23.8. The molecule has 0 aromatic heterocycles. The zero-order valence-electron chi connectivity index (χ0n) is 10.3. The van der Waals surface area contributed by atoms with Crippen LogP contribution in [-0.4, -0.2) is 40.3 Å². The van der Waals surface area contributed by atoms with Crippen LogP contribution in [0.5, 0.6) is 0 Å². The summed E-state index contributed by atoms with van der Waals surface area (Å²) in [5.41, 5.74) is -3.38. The largest absolute Gasteiger partial charge is 0.377 e. The molecule has 6 unspecified atom stereocenters. The van der Waals surface area contributed by atoms with Gasteiger partial charge in [-0.15, -0.1) is 23.2 Å². The van der Waals surface area contributed by atoms with E-state index in [1.54, 1.807) is 13.8 Å². The zero-order chi connectivity index (χ0) is 14.0. The molecular weight excluding hydrogens is 287 g/mol. The van der Waals surface area contributed by atoms with Gasteiger partial charge in [-0.2, -0.15) is 0 Å². The van der Waals surface area contributed by atoms with E-state index >= 15 is 0 Å². The van der Waals surface area contributed by atoms with Crippen molar-refractivity contribution in [2.75, 3.05) is 0 Å². The lowest BCUT2D eigenvalue weighted by atomic mass is 10.1. The van der Waals surface area contributed by atoms with Crippen molar-refractivity contribution in [1.82, 2.24) is 0 Å². The van der Waals surface area contributed by atoms with Crippen LogP contribution >= 0.6 is 23.2 Å². The van der Waals surface area contributed by atoms with E-state index in [2.05, 4.69) is 0 Å². The lowest BCUT2D eigenvalue weighted by Gasteiger charge is -2.27. The van der Waals surface area contributed by atoms with Gasteiger partial charge in [0.15, 0.2) is 10.9 Å². The summed E-state index contributed by atoms with van der Waals surface area (Å²) >= 11 is 11.5. The highest BCUT2D eigenvalue weighted by Gasteiger charge is 2.40. The summed E-state index contributed by atoms with van der Waals surface area (Å²) in [5.74, 6) is -1.34. The highest BCUT2D eigenvalue weighted by molar-refractivity contribution is 7.92. The Bertz CT molecular complexity index is 303. The van der Waals surface area contributed by atoms with Crippen molar-refractivity contribution in [3.05, 3.63) is 0 Å². The van der Waals surface area contributed by atoms with Crippen molar-refractivity contribution in [2.45, 2.75) is 49.3 Å². The molecule has 0 aromatic rings. The van der Waals surface area contributed by atoms with Gasteiger partial charge in [0.25, 0.3) is 0 Å². The van der Waals surface area contributed by atoms with Gasteiger partial charge in [-0.25, -0.2) is 8.42 Å². The van der Waals surface area contributed by atoms with E-state index in [0.717, 1.165) is 0 Å². The summed E-state index contributed by atoms with van der Waals surface area (Å²) in [5, 5.41) is 18.4. The van der Waals surface area contributed by atoms with Crippen molar-refractivity contribution < 1.29 is 18.6 Å². The first-order valence-electron chi connectivity index (χ1n) is 5.40.